The number of nitrogens with two attached hydrogens (primary N) is 1. The summed E-state index contributed by atoms with van der Waals surface area (Å²) in [7, 11) is 0. The van der Waals surface area contributed by atoms with Gasteiger partial charge in [-0.3, -0.25) is 4.79 Å². The number of hydrogen-bond acceptors (Lipinski definition) is 6. The van der Waals surface area contributed by atoms with Gasteiger partial charge in [0.1, 0.15) is 0 Å². The Hall–Kier alpha value is -0.820. The predicted octanol–water partition coefficient (Wildman–Crippen LogP) is 2.78. The van der Waals surface area contributed by atoms with E-state index >= 15 is 0 Å². The van der Waals surface area contributed by atoms with Gasteiger partial charge in [-0.05, 0) is 26.7 Å². The summed E-state index contributed by atoms with van der Waals surface area (Å²) in [5.41, 5.74) is 5.57. The number of carbonyl (C=O) groups is 1. The van der Waals surface area contributed by atoms with E-state index < -0.39 is 0 Å². The van der Waals surface area contributed by atoms with Crippen molar-refractivity contribution in [2.45, 2.75) is 61.6 Å². The molecule has 1 atom stereocenters. The highest BCUT2D eigenvalue weighted by Crippen LogP contribution is 2.30. The first-order valence-corrected chi connectivity index (χ1v) is 8.87. The summed E-state index contributed by atoms with van der Waals surface area (Å²) in [6.45, 7) is 4.79. The van der Waals surface area contributed by atoms with Gasteiger partial charge in [0.25, 0.3) is 0 Å². The van der Waals surface area contributed by atoms with Crippen LogP contribution in [0.1, 0.15) is 46.0 Å². The van der Waals surface area contributed by atoms with Crippen molar-refractivity contribution in [3.8, 4) is 0 Å². The van der Waals surface area contributed by atoms with Crippen LogP contribution in [0.5, 0.6) is 0 Å². The number of nitrogens with zero attached hydrogens (tertiary/aromatic N) is 3. The molecule has 1 heterocycles. The third kappa shape index (κ3) is 3.85. The first-order chi connectivity index (χ1) is 9.61. The van der Waals surface area contributed by atoms with Gasteiger partial charge in [-0.15, -0.1) is 10.2 Å². The fourth-order valence-corrected chi connectivity index (χ4v) is 4.54. The minimum Gasteiger partial charge on any atom is -0.374 e. The van der Waals surface area contributed by atoms with E-state index in [-0.39, 0.29) is 11.2 Å². The fraction of sp³-hybridized carbons (Fsp3) is 0.769. The molecule has 1 aliphatic rings. The Bertz CT molecular complexity index is 445. The molecule has 1 aromatic rings. The smallest absolute Gasteiger partial charge is 0.236 e. The lowest BCUT2D eigenvalue weighted by atomic mass is 9.94. The summed E-state index contributed by atoms with van der Waals surface area (Å²) < 4.78 is 0.767. The van der Waals surface area contributed by atoms with Crippen LogP contribution in [0.2, 0.25) is 0 Å². The molecule has 7 heteroatoms. The maximum Gasteiger partial charge on any atom is 0.236 e. The molecule has 112 valence electrons. The molecule has 2 N–H and O–H groups in total. The van der Waals surface area contributed by atoms with Crippen LogP contribution < -0.4 is 5.73 Å². The fourth-order valence-electron chi connectivity index (χ4n) is 2.69. The molecule has 0 bridgehead atoms. The number of thioether (sulfide) groups is 1. The molecule has 1 fully saturated rings. The van der Waals surface area contributed by atoms with Gasteiger partial charge in [-0.1, -0.05) is 42.4 Å². The Balaban J connectivity index is 1.96. The largest absolute Gasteiger partial charge is 0.374 e. The molecule has 2 rings (SSSR count). The Morgan fingerprint density at radius 2 is 2.15 bits per heavy atom. The quantitative estimate of drug-likeness (QED) is 0.846. The van der Waals surface area contributed by atoms with Crippen LogP contribution in [0.4, 0.5) is 5.13 Å². The molecule has 20 heavy (non-hydrogen) atoms. The number of rotatable bonds is 5. The van der Waals surface area contributed by atoms with Gasteiger partial charge in [0.15, 0.2) is 4.34 Å². The van der Waals surface area contributed by atoms with E-state index in [4.69, 9.17) is 5.73 Å². The molecule has 1 unspecified atom stereocenters. The summed E-state index contributed by atoms with van der Waals surface area (Å²) >= 11 is 2.79. The van der Waals surface area contributed by atoms with Crippen molar-refractivity contribution in [1.29, 1.82) is 0 Å². The van der Waals surface area contributed by atoms with Gasteiger partial charge in [-0.25, -0.2) is 0 Å². The maximum atomic E-state index is 12.6. The third-order valence-electron chi connectivity index (χ3n) is 3.69. The molecule has 1 amide bonds. The van der Waals surface area contributed by atoms with Gasteiger partial charge in [-0.2, -0.15) is 0 Å². The lowest BCUT2D eigenvalue weighted by molar-refractivity contribution is -0.133. The molecular weight excluding hydrogens is 292 g/mol. The Kier molecular flexibility index (Phi) is 5.65. The first-order valence-electron chi connectivity index (χ1n) is 7.18. The SMILES string of the molecule is CCN(C(=O)C(C)Sc1nnc(N)s1)C1CCCCC1. The van der Waals surface area contributed by atoms with Crippen molar-refractivity contribution in [2.24, 2.45) is 0 Å². The van der Waals surface area contributed by atoms with Crippen LogP contribution in [-0.4, -0.2) is 38.8 Å². The Morgan fingerprint density at radius 3 is 2.70 bits per heavy atom. The minimum atomic E-state index is -0.135. The third-order valence-corrected chi connectivity index (χ3v) is 5.61. The van der Waals surface area contributed by atoms with Crippen LogP contribution in [-0.2, 0) is 4.79 Å². The average Bonchev–Trinajstić information content (AvgIpc) is 2.86. The van der Waals surface area contributed by atoms with E-state index in [1.807, 2.05) is 11.8 Å². The van der Waals surface area contributed by atoms with Crippen LogP contribution >= 0.6 is 23.1 Å². The molecule has 0 saturated heterocycles. The molecule has 1 saturated carbocycles. The van der Waals surface area contributed by atoms with Crippen molar-refractivity contribution in [1.82, 2.24) is 15.1 Å². The maximum absolute atomic E-state index is 12.6. The monoisotopic (exact) mass is 314 g/mol. The van der Waals surface area contributed by atoms with Crippen molar-refractivity contribution in [3.63, 3.8) is 0 Å². The Labute approximate surface area is 128 Å². The number of anilines is 1. The van der Waals surface area contributed by atoms with Gasteiger partial charge in [0, 0.05) is 12.6 Å². The van der Waals surface area contributed by atoms with Crippen molar-refractivity contribution >= 4 is 34.1 Å². The molecule has 1 aromatic heterocycles. The normalized spacial score (nSPS) is 17.9. The molecule has 0 aromatic carbocycles. The van der Waals surface area contributed by atoms with Crippen molar-refractivity contribution in [2.75, 3.05) is 12.3 Å². The van der Waals surface area contributed by atoms with Crippen LogP contribution in [0.25, 0.3) is 0 Å². The van der Waals surface area contributed by atoms with Gasteiger partial charge >= 0.3 is 0 Å². The topological polar surface area (TPSA) is 72.1 Å². The molecule has 0 radical (unpaired) electrons. The zero-order valence-corrected chi connectivity index (χ0v) is 13.7. The Morgan fingerprint density at radius 1 is 1.45 bits per heavy atom. The van der Waals surface area contributed by atoms with Crippen molar-refractivity contribution in [3.05, 3.63) is 0 Å². The molecule has 0 aliphatic heterocycles. The minimum absolute atomic E-state index is 0.135. The molecule has 5 nitrogen and oxygen atoms in total. The number of nitrogen functional groups attached to an aromatic ring is 1. The van der Waals surface area contributed by atoms with E-state index in [9.17, 15) is 4.79 Å². The lowest BCUT2D eigenvalue weighted by Gasteiger charge is -2.35. The van der Waals surface area contributed by atoms with Crippen LogP contribution in [0.3, 0.4) is 0 Å². The second kappa shape index (κ2) is 7.26. The average molecular weight is 314 g/mol. The van der Waals surface area contributed by atoms with E-state index in [1.165, 1.54) is 42.4 Å². The zero-order valence-electron chi connectivity index (χ0n) is 12.0. The highest BCUT2D eigenvalue weighted by molar-refractivity contribution is 8.02. The number of hydrogen-bond donors (Lipinski definition) is 1. The standard InChI is InChI=1S/C13H22N4OS2/c1-3-17(10-7-5-4-6-8-10)11(18)9(2)19-13-16-15-12(14)20-13/h9-10H,3-8H2,1-2H3,(H2,14,15). The number of amides is 1. The van der Waals surface area contributed by atoms with E-state index in [0.29, 0.717) is 11.2 Å². The van der Waals surface area contributed by atoms with Crippen LogP contribution in [0, 0.1) is 0 Å². The summed E-state index contributed by atoms with van der Waals surface area (Å²) in [5.74, 6) is 0.207. The van der Waals surface area contributed by atoms with E-state index in [0.717, 1.165) is 23.7 Å². The lowest BCUT2D eigenvalue weighted by Crippen LogP contribution is -2.44. The van der Waals surface area contributed by atoms with Gasteiger partial charge in [0.05, 0.1) is 5.25 Å². The summed E-state index contributed by atoms with van der Waals surface area (Å²) in [6.07, 6.45) is 6.06. The second-order valence-corrected chi connectivity index (χ2v) is 7.68. The zero-order chi connectivity index (χ0) is 14.5. The molecule has 0 spiro atoms. The summed E-state index contributed by atoms with van der Waals surface area (Å²) in [6, 6.07) is 0.420. The van der Waals surface area contributed by atoms with E-state index in [1.54, 1.807) is 0 Å². The van der Waals surface area contributed by atoms with Crippen LogP contribution in [0.15, 0.2) is 4.34 Å². The number of aromatic nitrogens is 2. The first kappa shape index (κ1) is 15.6. The number of carbonyl (C=O) groups excluding carboxylic acids is 1. The predicted molar refractivity (Wildman–Crippen MR) is 83.9 cm³/mol. The molecular formula is C13H22N4OS2. The van der Waals surface area contributed by atoms with E-state index in [2.05, 4.69) is 17.1 Å². The highest BCUT2D eigenvalue weighted by atomic mass is 32.2. The highest BCUT2D eigenvalue weighted by Gasteiger charge is 2.28. The molecule has 1 aliphatic carbocycles. The summed E-state index contributed by atoms with van der Waals surface area (Å²) in [5, 5.41) is 8.07. The summed E-state index contributed by atoms with van der Waals surface area (Å²) in [4.78, 5) is 14.7. The van der Waals surface area contributed by atoms with Gasteiger partial charge in [0.2, 0.25) is 11.0 Å². The van der Waals surface area contributed by atoms with Gasteiger partial charge < -0.3 is 10.6 Å². The van der Waals surface area contributed by atoms with Crippen molar-refractivity contribution < 1.29 is 4.79 Å². The second-order valence-electron chi connectivity index (χ2n) is 5.08.